The summed E-state index contributed by atoms with van der Waals surface area (Å²) in [5.41, 5.74) is 0. The molecule has 4 nitrogen and oxygen atoms in total. The zero-order chi connectivity index (χ0) is 14.8. The maximum atomic E-state index is 13.7. The molecule has 6 heteroatoms. The Labute approximate surface area is 120 Å². The molecule has 0 atom stereocenters. The van der Waals surface area contributed by atoms with Crippen LogP contribution in [0.1, 0.15) is 39.0 Å². The fourth-order valence-electron chi connectivity index (χ4n) is 2.81. The molecule has 0 unspecified atom stereocenters. The second kappa shape index (κ2) is 6.18. The highest BCUT2D eigenvalue weighted by Crippen LogP contribution is 2.31. The smallest absolute Gasteiger partial charge is 0.241 e. The maximum Gasteiger partial charge on any atom is 0.263 e. The van der Waals surface area contributed by atoms with E-state index in [1.54, 1.807) is 0 Å². The van der Waals surface area contributed by atoms with Gasteiger partial charge in [-0.15, -0.1) is 0 Å². The van der Waals surface area contributed by atoms with Gasteiger partial charge in [0.2, 0.25) is 5.03 Å². The summed E-state index contributed by atoms with van der Waals surface area (Å²) < 4.78 is 39.8. The van der Waals surface area contributed by atoms with Crippen LogP contribution in [0.4, 0.5) is 4.39 Å². The summed E-state index contributed by atoms with van der Waals surface area (Å²) in [6.45, 7) is 2.16. The molecule has 1 fully saturated rings. The van der Waals surface area contributed by atoms with E-state index < -0.39 is 20.9 Å². The predicted molar refractivity (Wildman–Crippen MR) is 75.2 cm³/mol. The van der Waals surface area contributed by atoms with Crippen LogP contribution in [0.3, 0.4) is 0 Å². The summed E-state index contributed by atoms with van der Waals surface area (Å²) in [5, 5.41) is -0.472. The van der Waals surface area contributed by atoms with E-state index in [9.17, 15) is 12.8 Å². The van der Waals surface area contributed by atoms with Crippen LogP contribution in [0.25, 0.3) is 0 Å². The van der Waals surface area contributed by atoms with Gasteiger partial charge in [0.15, 0.2) is 5.82 Å². The molecule has 2 rings (SSSR count). The third-order valence-electron chi connectivity index (χ3n) is 4.26. The van der Waals surface area contributed by atoms with Crippen molar-refractivity contribution in [2.45, 2.75) is 50.1 Å². The molecule has 0 radical (unpaired) electrons. The maximum absolute atomic E-state index is 13.7. The molecule has 0 bridgehead atoms. The molecular weight excluding hydrogens is 279 g/mol. The molecule has 0 N–H and O–H groups in total. The summed E-state index contributed by atoms with van der Waals surface area (Å²) in [7, 11) is -2.32. The summed E-state index contributed by atoms with van der Waals surface area (Å²) in [6, 6.07) is 2.46. The first-order valence-corrected chi connectivity index (χ1v) is 8.49. The highest BCUT2D eigenvalue weighted by Gasteiger charge is 2.33. The van der Waals surface area contributed by atoms with E-state index >= 15 is 0 Å². The van der Waals surface area contributed by atoms with Gasteiger partial charge in [-0.25, -0.2) is 17.8 Å². The Kier molecular flexibility index (Phi) is 4.75. The van der Waals surface area contributed by atoms with Gasteiger partial charge in [0.1, 0.15) is 0 Å². The Morgan fingerprint density at radius 3 is 2.55 bits per heavy atom. The van der Waals surface area contributed by atoms with Crippen molar-refractivity contribution in [1.29, 1.82) is 0 Å². The first-order valence-electron chi connectivity index (χ1n) is 7.05. The van der Waals surface area contributed by atoms with E-state index in [1.807, 2.05) is 0 Å². The predicted octanol–water partition coefficient (Wildman–Crippen LogP) is 2.81. The highest BCUT2D eigenvalue weighted by atomic mass is 32.2. The van der Waals surface area contributed by atoms with Crippen molar-refractivity contribution in [3.63, 3.8) is 0 Å². The number of hydrogen-bond donors (Lipinski definition) is 0. The molecule has 1 aliphatic carbocycles. The first-order chi connectivity index (χ1) is 9.46. The Morgan fingerprint density at radius 2 is 2.00 bits per heavy atom. The van der Waals surface area contributed by atoms with Crippen LogP contribution in [0.2, 0.25) is 0 Å². The topological polar surface area (TPSA) is 50.3 Å². The molecule has 0 saturated heterocycles. The van der Waals surface area contributed by atoms with E-state index in [-0.39, 0.29) is 6.04 Å². The SMILES string of the molecule is CCC1CCC(N(C)S(=O)(=O)c2ncccc2F)CC1. The van der Waals surface area contributed by atoms with Gasteiger partial charge in [0, 0.05) is 19.3 Å². The van der Waals surface area contributed by atoms with Gasteiger partial charge in [-0.05, 0) is 43.7 Å². The second-order valence-corrected chi connectivity index (χ2v) is 7.31. The van der Waals surface area contributed by atoms with Crippen LogP contribution in [0.5, 0.6) is 0 Å². The molecule has 0 aliphatic heterocycles. The van der Waals surface area contributed by atoms with Gasteiger partial charge in [0.25, 0.3) is 10.0 Å². The largest absolute Gasteiger partial charge is 0.263 e. The molecule has 112 valence electrons. The van der Waals surface area contributed by atoms with Crippen molar-refractivity contribution in [3.05, 3.63) is 24.1 Å². The zero-order valence-corrected chi connectivity index (χ0v) is 12.7. The van der Waals surface area contributed by atoms with Crippen molar-refractivity contribution < 1.29 is 12.8 Å². The van der Waals surface area contributed by atoms with Crippen molar-refractivity contribution in [2.24, 2.45) is 5.92 Å². The van der Waals surface area contributed by atoms with E-state index in [4.69, 9.17) is 0 Å². The minimum Gasteiger partial charge on any atom is -0.241 e. The summed E-state index contributed by atoms with van der Waals surface area (Å²) in [6.07, 6.45) is 6.18. The minimum absolute atomic E-state index is 0.0517. The Bertz CT molecular complexity index is 554. The van der Waals surface area contributed by atoms with Gasteiger partial charge in [-0.1, -0.05) is 13.3 Å². The fourth-order valence-corrected chi connectivity index (χ4v) is 4.20. The average Bonchev–Trinajstić information content (AvgIpc) is 2.47. The van der Waals surface area contributed by atoms with E-state index in [2.05, 4.69) is 11.9 Å². The first kappa shape index (κ1) is 15.4. The monoisotopic (exact) mass is 300 g/mol. The van der Waals surface area contributed by atoms with Crippen LogP contribution in [0, 0.1) is 11.7 Å². The van der Waals surface area contributed by atoms with Gasteiger partial charge >= 0.3 is 0 Å². The van der Waals surface area contributed by atoms with Crippen molar-refractivity contribution >= 4 is 10.0 Å². The third kappa shape index (κ3) is 3.01. The van der Waals surface area contributed by atoms with Crippen LogP contribution in [0.15, 0.2) is 23.4 Å². The van der Waals surface area contributed by atoms with Crippen molar-refractivity contribution in [3.8, 4) is 0 Å². The lowest BCUT2D eigenvalue weighted by Crippen LogP contribution is -2.40. The number of rotatable bonds is 4. The Hall–Kier alpha value is -1.01. The summed E-state index contributed by atoms with van der Waals surface area (Å²) in [5.74, 6) is -0.101. The molecule has 1 aromatic rings. The van der Waals surface area contributed by atoms with Crippen LogP contribution >= 0.6 is 0 Å². The number of nitrogens with zero attached hydrogens (tertiary/aromatic N) is 2. The average molecular weight is 300 g/mol. The lowest BCUT2D eigenvalue weighted by Gasteiger charge is -2.33. The Balaban J connectivity index is 2.16. The third-order valence-corrected chi connectivity index (χ3v) is 6.10. The molecule has 1 saturated carbocycles. The summed E-state index contributed by atoms with van der Waals surface area (Å²) >= 11 is 0. The quantitative estimate of drug-likeness (QED) is 0.859. The standard InChI is InChI=1S/C14H21FN2O2S/c1-3-11-6-8-12(9-7-11)17(2)20(18,19)14-13(15)5-4-10-16-14/h4-5,10-12H,3,6-9H2,1-2H3. The molecule has 1 aromatic heterocycles. The fraction of sp³-hybridized carbons (Fsp3) is 0.643. The van der Waals surface area contributed by atoms with Crippen molar-refractivity contribution in [1.82, 2.24) is 9.29 Å². The highest BCUT2D eigenvalue weighted by molar-refractivity contribution is 7.89. The number of aromatic nitrogens is 1. The zero-order valence-electron chi connectivity index (χ0n) is 11.9. The molecule has 1 aliphatic rings. The van der Waals surface area contributed by atoms with Crippen LogP contribution < -0.4 is 0 Å². The normalized spacial score (nSPS) is 24.0. The van der Waals surface area contributed by atoms with Gasteiger partial charge in [0.05, 0.1) is 0 Å². The number of sulfonamides is 1. The van der Waals surface area contributed by atoms with Gasteiger partial charge in [-0.3, -0.25) is 0 Å². The molecule has 0 amide bonds. The molecular formula is C14H21FN2O2S. The van der Waals surface area contributed by atoms with Crippen LogP contribution in [-0.4, -0.2) is 30.8 Å². The summed E-state index contributed by atoms with van der Waals surface area (Å²) in [4.78, 5) is 3.69. The number of hydrogen-bond acceptors (Lipinski definition) is 3. The molecule has 0 aromatic carbocycles. The van der Waals surface area contributed by atoms with Crippen LogP contribution in [-0.2, 0) is 10.0 Å². The van der Waals surface area contributed by atoms with Gasteiger partial charge < -0.3 is 0 Å². The second-order valence-electron chi connectivity index (χ2n) is 5.39. The number of pyridine rings is 1. The molecule has 20 heavy (non-hydrogen) atoms. The van der Waals surface area contributed by atoms with E-state index in [1.165, 1.54) is 23.6 Å². The lowest BCUT2D eigenvalue weighted by atomic mass is 9.85. The Morgan fingerprint density at radius 1 is 1.35 bits per heavy atom. The van der Waals surface area contributed by atoms with Crippen molar-refractivity contribution in [2.75, 3.05) is 7.05 Å². The lowest BCUT2D eigenvalue weighted by molar-refractivity contribution is 0.232. The van der Waals surface area contributed by atoms with Gasteiger partial charge in [-0.2, -0.15) is 4.31 Å². The molecule has 1 heterocycles. The minimum atomic E-state index is -3.85. The van der Waals surface area contributed by atoms with E-state index in [0.717, 1.165) is 38.2 Å². The molecule has 0 spiro atoms. The number of halogens is 1. The van der Waals surface area contributed by atoms with E-state index in [0.29, 0.717) is 5.92 Å².